The first-order chi connectivity index (χ1) is 11.1. The lowest BCUT2D eigenvalue weighted by molar-refractivity contribution is -0.0466. The van der Waals surface area contributed by atoms with Crippen LogP contribution in [0.2, 0.25) is 0 Å². The van der Waals surface area contributed by atoms with Gasteiger partial charge >= 0.3 is 0 Å². The molecule has 0 aromatic heterocycles. The van der Waals surface area contributed by atoms with E-state index in [1.807, 2.05) is 0 Å². The van der Waals surface area contributed by atoms with Crippen molar-refractivity contribution in [3.63, 3.8) is 0 Å². The number of hydrogen-bond donors (Lipinski definition) is 0. The zero-order valence-electron chi connectivity index (χ0n) is 14.9. The van der Waals surface area contributed by atoms with Gasteiger partial charge in [0, 0.05) is 38.3 Å². The van der Waals surface area contributed by atoms with Crippen molar-refractivity contribution in [2.45, 2.75) is 51.8 Å². The van der Waals surface area contributed by atoms with Gasteiger partial charge in [0.15, 0.2) is 0 Å². The topological polar surface area (TPSA) is 15.7 Å². The second kappa shape index (κ2) is 7.78. The number of likely N-dealkylation sites (tertiary alicyclic amines) is 1. The van der Waals surface area contributed by atoms with Crippen molar-refractivity contribution >= 4 is 0 Å². The summed E-state index contributed by atoms with van der Waals surface area (Å²) in [5.74, 6) is 0.650. The summed E-state index contributed by atoms with van der Waals surface area (Å²) in [5.41, 5.74) is 1.47. The number of nitrogens with zero attached hydrogens (tertiary/aromatic N) is 2. The van der Waals surface area contributed by atoms with Gasteiger partial charge in [0.2, 0.25) is 0 Å². The van der Waals surface area contributed by atoms with Gasteiger partial charge in [-0.2, -0.15) is 0 Å². The largest absolute Gasteiger partial charge is 0.376 e. The maximum atomic E-state index is 5.70. The zero-order valence-corrected chi connectivity index (χ0v) is 14.9. The molecule has 2 aliphatic heterocycles. The summed E-state index contributed by atoms with van der Waals surface area (Å²) in [6.45, 7) is 12.5. The molecule has 2 fully saturated rings. The molecule has 0 radical (unpaired) electrons. The summed E-state index contributed by atoms with van der Waals surface area (Å²) in [6.07, 6.45) is 2.99. The van der Waals surface area contributed by atoms with Crippen molar-refractivity contribution in [1.29, 1.82) is 0 Å². The number of morpholine rings is 1. The molecule has 0 spiro atoms. The molecule has 1 aromatic rings. The highest BCUT2D eigenvalue weighted by Gasteiger charge is 2.31. The first-order valence-electron chi connectivity index (χ1n) is 9.30. The molecule has 0 unspecified atom stereocenters. The molecular formula is C20H32N2O. The Hall–Kier alpha value is -0.900. The Labute approximate surface area is 141 Å². The van der Waals surface area contributed by atoms with Crippen LogP contribution in [0.3, 0.4) is 0 Å². The van der Waals surface area contributed by atoms with Crippen molar-refractivity contribution in [2.75, 3.05) is 32.8 Å². The van der Waals surface area contributed by atoms with Crippen LogP contribution in [0.25, 0.3) is 0 Å². The molecule has 3 nitrogen and oxygen atoms in total. The fourth-order valence-corrected chi connectivity index (χ4v) is 4.37. The number of piperidine rings is 1. The first kappa shape index (κ1) is 16.9. The maximum Gasteiger partial charge on any atom is 0.0674 e. The van der Waals surface area contributed by atoms with E-state index in [-0.39, 0.29) is 0 Å². The van der Waals surface area contributed by atoms with Gasteiger partial charge in [0.25, 0.3) is 0 Å². The van der Waals surface area contributed by atoms with Crippen LogP contribution in [0.4, 0.5) is 0 Å². The standard InChI is InChI=1S/C20H32N2O/c1-16(2)20(18-7-5-4-6-8-18)21-11-9-19(10-12-21)22-13-14-23-17(3)15-22/h4-8,16-17,19-20H,9-15H2,1-3H3/t17-,20-/m0/s1. The van der Waals surface area contributed by atoms with E-state index in [1.54, 1.807) is 0 Å². The molecule has 0 aliphatic carbocycles. The fourth-order valence-electron chi connectivity index (χ4n) is 4.37. The summed E-state index contributed by atoms with van der Waals surface area (Å²) < 4.78 is 5.70. The molecule has 128 valence electrons. The molecule has 23 heavy (non-hydrogen) atoms. The van der Waals surface area contributed by atoms with E-state index in [2.05, 4.69) is 60.9 Å². The summed E-state index contributed by atoms with van der Waals surface area (Å²) in [6, 6.07) is 12.4. The highest BCUT2D eigenvalue weighted by Crippen LogP contribution is 2.32. The van der Waals surface area contributed by atoms with Crippen molar-refractivity contribution in [3.8, 4) is 0 Å². The molecule has 2 saturated heterocycles. The van der Waals surface area contributed by atoms with Gasteiger partial charge in [-0.05, 0) is 31.2 Å². The average Bonchev–Trinajstić information content (AvgIpc) is 2.56. The predicted molar refractivity (Wildman–Crippen MR) is 95.6 cm³/mol. The number of rotatable bonds is 4. The molecule has 0 saturated carbocycles. The summed E-state index contributed by atoms with van der Waals surface area (Å²) >= 11 is 0. The van der Waals surface area contributed by atoms with Gasteiger partial charge in [0.05, 0.1) is 12.7 Å². The van der Waals surface area contributed by atoms with Crippen molar-refractivity contribution < 1.29 is 4.74 Å². The minimum Gasteiger partial charge on any atom is -0.376 e. The maximum absolute atomic E-state index is 5.70. The van der Waals surface area contributed by atoms with E-state index in [4.69, 9.17) is 4.74 Å². The van der Waals surface area contributed by atoms with Crippen molar-refractivity contribution in [3.05, 3.63) is 35.9 Å². The second-order valence-electron chi connectivity index (χ2n) is 7.54. The summed E-state index contributed by atoms with van der Waals surface area (Å²) in [5, 5.41) is 0. The van der Waals surface area contributed by atoms with Gasteiger partial charge in [-0.3, -0.25) is 9.80 Å². The highest BCUT2D eigenvalue weighted by atomic mass is 16.5. The van der Waals surface area contributed by atoms with E-state index >= 15 is 0 Å². The lowest BCUT2D eigenvalue weighted by atomic mass is 9.91. The van der Waals surface area contributed by atoms with Gasteiger partial charge in [-0.25, -0.2) is 0 Å². The van der Waals surface area contributed by atoms with Gasteiger partial charge < -0.3 is 4.74 Å². The normalized spacial score (nSPS) is 26.5. The third kappa shape index (κ3) is 4.14. The third-order valence-corrected chi connectivity index (χ3v) is 5.45. The monoisotopic (exact) mass is 316 g/mol. The summed E-state index contributed by atoms with van der Waals surface area (Å²) in [7, 11) is 0. The van der Waals surface area contributed by atoms with Crippen LogP contribution < -0.4 is 0 Å². The van der Waals surface area contributed by atoms with E-state index in [0.29, 0.717) is 18.1 Å². The molecule has 2 atom stereocenters. The van der Waals surface area contributed by atoms with Crippen LogP contribution in [0.1, 0.15) is 45.2 Å². The lowest BCUT2D eigenvalue weighted by Crippen LogP contribution is -2.51. The van der Waals surface area contributed by atoms with E-state index in [9.17, 15) is 0 Å². The number of hydrogen-bond acceptors (Lipinski definition) is 3. The molecule has 3 heteroatoms. The average molecular weight is 316 g/mol. The molecule has 0 amide bonds. The van der Waals surface area contributed by atoms with Crippen molar-refractivity contribution in [1.82, 2.24) is 9.80 Å². The minimum atomic E-state index is 0.398. The fraction of sp³-hybridized carbons (Fsp3) is 0.700. The smallest absolute Gasteiger partial charge is 0.0674 e. The Balaban J connectivity index is 1.60. The SMILES string of the molecule is CC(C)[C@@H](c1ccccc1)N1CCC(N2CCO[C@@H](C)C2)CC1. The quantitative estimate of drug-likeness (QED) is 0.844. The van der Waals surface area contributed by atoms with Crippen LogP contribution in [-0.2, 0) is 4.74 Å². The molecule has 0 N–H and O–H groups in total. The van der Waals surface area contributed by atoms with Gasteiger partial charge in [-0.15, -0.1) is 0 Å². The molecule has 2 aliphatic rings. The molecule has 1 aromatic carbocycles. The van der Waals surface area contributed by atoms with Crippen LogP contribution in [-0.4, -0.2) is 54.7 Å². The van der Waals surface area contributed by atoms with Gasteiger partial charge in [0.1, 0.15) is 0 Å². The van der Waals surface area contributed by atoms with Gasteiger partial charge in [-0.1, -0.05) is 44.2 Å². The first-order valence-corrected chi connectivity index (χ1v) is 9.30. The van der Waals surface area contributed by atoms with Crippen LogP contribution >= 0.6 is 0 Å². The number of ether oxygens (including phenoxy) is 1. The lowest BCUT2D eigenvalue weighted by Gasteiger charge is -2.44. The second-order valence-corrected chi connectivity index (χ2v) is 7.54. The molecular weight excluding hydrogens is 284 g/mol. The highest BCUT2D eigenvalue weighted by molar-refractivity contribution is 5.19. The van der Waals surface area contributed by atoms with Crippen LogP contribution in [0.5, 0.6) is 0 Å². The van der Waals surface area contributed by atoms with Crippen LogP contribution in [0.15, 0.2) is 30.3 Å². The minimum absolute atomic E-state index is 0.398. The molecule has 3 rings (SSSR count). The van der Waals surface area contributed by atoms with Crippen LogP contribution in [0, 0.1) is 5.92 Å². The summed E-state index contributed by atoms with van der Waals surface area (Å²) in [4.78, 5) is 5.37. The molecule has 2 heterocycles. The molecule has 0 bridgehead atoms. The Morgan fingerprint density at radius 1 is 1.04 bits per heavy atom. The zero-order chi connectivity index (χ0) is 16.2. The van der Waals surface area contributed by atoms with E-state index in [1.165, 1.54) is 31.5 Å². The predicted octanol–water partition coefficient (Wildman–Crippen LogP) is 3.57. The Morgan fingerprint density at radius 3 is 2.35 bits per heavy atom. The Kier molecular flexibility index (Phi) is 5.73. The number of benzene rings is 1. The van der Waals surface area contributed by atoms with E-state index in [0.717, 1.165) is 25.7 Å². The van der Waals surface area contributed by atoms with E-state index < -0.39 is 0 Å². The third-order valence-electron chi connectivity index (χ3n) is 5.45. The Bertz CT molecular complexity index is 468. The van der Waals surface area contributed by atoms with Crippen molar-refractivity contribution in [2.24, 2.45) is 5.92 Å². The Morgan fingerprint density at radius 2 is 1.74 bits per heavy atom.